The lowest BCUT2D eigenvalue weighted by Gasteiger charge is -2.33. The molecule has 1 aliphatic carbocycles. The summed E-state index contributed by atoms with van der Waals surface area (Å²) in [5, 5.41) is 0. The Kier molecular flexibility index (Phi) is 3.69. The summed E-state index contributed by atoms with van der Waals surface area (Å²) in [6, 6.07) is 11.4. The van der Waals surface area contributed by atoms with Gasteiger partial charge >= 0.3 is 0 Å². The topological polar surface area (TPSA) is 37.4 Å². The first-order valence-electron chi connectivity index (χ1n) is 8.83. The molecule has 2 aromatic rings. The fourth-order valence-electron chi connectivity index (χ4n) is 4.28. The maximum absolute atomic E-state index is 13.1. The zero-order chi connectivity index (χ0) is 18.6. The van der Waals surface area contributed by atoms with Crippen LogP contribution in [0.2, 0.25) is 0 Å². The number of carbonyl (C=O) groups excluding carboxylic acids is 2. The average Bonchev–Trinajstić information content (AvgIpc) is 2.58. The summed E-state index contributed by atoms with van der Waals surface area (Å²) in [5.41, 5.74) is 7.73. The number of benzene rings is 2. The van der Waals surface area contributed by atoms with Gasteiger partial charge in [0.1, 0.15) is 0 Å². The van der Waals surface area contributed by atoms with E-state index in [-0.39, 0.29) is 11.6 Å². The van der Waals surface area contributed by atoms with Crippen LogP contribution in [0.15, 0.2) is 59.3 Å². The Morgan fingerprint density at radius 3 is 2.04 bits per heavy atom. The zero-order valence-electron chi connectivity index (χ0n) is 15.5. The van der Waals surface area contributed by atoms with E-state index in [1.165, 1.54) is 16.7 Å². The fraction of sp³-hybridized carbons (Fsp3) is 0.217. The Labute approximate surface area is 153 Å². The fourth-order valence-corrected chi connectivity index (χ4v) is 4.28. The maximum Gasteiger partial charge on any atom is 0.194 e. The number of ketones is 2. The molecule has 26 heavy (non-hydrogen) atoms. The number of fused-ring (bicyclic) bond motifs is 1. The molecule has 0 saturated heterocycles. The van der Waals surface area contributed by atoms with Gasteiger partial charge in [0.2, 0.25) is 0 Å². The summed E-state index contributed by atoms with van der Waals surface area (Å²) in [6.45, 7) is 8.61. The van der Waals surface area contributed by atoms with E-state index in [4.69, 9.17) is 0 Å². The lowest BCUT2D eigenvalue weighted by atomic mass is 9.80. The lowest BCUT2D eigenvalue weighted by molar-refractivity contribution is 0.0974. The van der Waals surface area contributed by atoms with E-state index in [0.29, 0.717) is 28.8 Å². The van der Waals surface area contributed by atoms with Crippen molar-refractivity contribution in [3.8, 4) is 0 Å². The van der Waals surface area contributed by atoms with E-state index in [2.05, 4.69) is 37.8 Å². The molecule has 0 radical (unpaired) electrons. The van der Waals surface area contributed by atoms with Crippen LogP contribution in [-0.4, -0.2) is 18.1 Å². The highest BCUT2D eigenvalue weighted by molar-refractivity contribution is 6.29. The van der Waals surface area contributed by atoms with Gasteiger partial charge in [-0.05, 0) is 44.4 Å². The molecular formula is C23H21NO2. The van der Waals surface area contributed by atoms with Crippen molar-refractivity contribution >= 4 is 17.3 Å². The van der Waals surface area contributed by atoms with Gasteiger partial charge in [-0.15, -0.1) is 0 Å². The predicted octanol–water partition coefficient (Wildman–Crippen LogP) is 4.71. The second-order valence-corrected chi connectivity index (χ2v) is 7.24. The number of carbonyl (C=O) groups is 2. The van der Waals surface area contributed by atoms with E-state index in [0.717, 1.165) is 11.3 Å². The number of anilines is 1. The summed E-state index contributed by atoms with van der Waals surface area (Å²) in [5.74, 6) is -0.0731. The molecule has 4 rings (SSSR count). The molecule has 1 heterocycles. The van der Waals surface area contributed by atoms with Gasteiger partial charge in [-0.3, -0.25) is 9.59 Å². The molecule has 130 valence electrons. The molecule has 0 unspecified atom stereocenters. The summed E-state index contributed by atoms with van der Waals surface area (Å²) < 4.78 is 0. The van der Waals surface area contributed by atoms with Gasteiger partial charge < -0.3 is 4.90 Å². The number of allylic oxidation sites excluding steroid dienone is 2. The normalized spacial score (nSPS) is 16.5. The summed E-state index contributed by atoms with van der Waals surface area (Å²) >= 11 is 0. The SMILES string of the molecule is CC1=CN(c2c(C)cc(C)cc2C)CC2=C1C(=O)c1ccccc1C2=O. The minimum absolute atomic E-state index is 0.0323. The van der Waals surface area contributed by atoms with Crippen LogP contribution in [0.5, 0.6) is 0 Å². The first kappa shape index (κ1) is 16.5. The highest BCUT2D eigenvalue weighted by atomic mass is 16.1. The number of aryl methyl sites for hydroxylation is 3. The van der Waals surface area contributed by atoms with Gasteiger partial charge in [-0.1, -0.05) is 42.0 Å². The second kappa shape index (κ2) is 5.80. The Bertz CT molecular complexity index is 1020. The van der Waals surface area contributed by atoms with Gasteiger partial charge in [-0.25, -0.2) is 0 Å². The number of hydrogen-bond acceptors (Lipinski definition) is 3. The monoisotopic (exact) mass is 343 g/mol. The van der Waals surface area contributed by atoms with Crippen molar-refractivity contribution in [1.82, 2.24) is 0 Å². The van der Waals surface area contributed by atoms with Crippen LogP contribution in [-0.2, 0) is 0 Å². The third-order valence-electron chi connectivity index (χ3n) is 5.21. The lowest BCUT2D eigenvalue weighted by Crippen LogP contribution is -2.34. The van der Waals surface area contributed by atoms with Crippen molar-refractivity contribution in [2.24, 2.45) is 0 Å². The highest BCUT2D eigenvalue weighted by Gasteiger charge is 2.35. The smallest absolute Gasteiger partial charge is 0.194 e. The first-order chi connectivity index (χ1) is 12.4. The van der Waals surface area contributed by atoms with Crippen LogP contribution in [0.1, 0.15) is 44.3 Å². The molecule has 0 bridgehead atoms. The molecule has 0 aromatic heterocycles. The molecule has 0 saturated carbocycles. The van der Waals surface area contributed by atoms with Crippen LogP contribution in [0.25, 0.3) is 0 Å². The van der Waals surface area contributed by atoms with Crippen molar-refractivity contribution in [3.05, 3.63) is 87.1 Å². The molecule has 3 nitrogen and oxygen atoms in total. The third kappa shape index (κ3) is 2.35. The Morgan fingerprint density at radius 2 is 1.42 bits per heavy atom. The van der Waals surface area contributed by atoms with Crippen molar-refractivity contribution in [2.75, 3.05) is 11.4 Å². The van der Waals surface area contributed by atoms with Gasteiger partial charge in [0, 0.05) is 34.2 Å². The molecular weight excluding hydrogens is 322 g/mol. The zero-order valence-corrected chi connectivity index (χ0v) is 15.5. The van der Waals surface area contributed by atoms with Crippen molar-refractivity contribution < 1.29 is 9.59 Å². The van der Waals surface area contributed by atoms with Crippen LogP contribution < -0.4 is 4.90 Å². The van der Waals surface area contributed by atoms with Gasteiger partial charge in [0.05, 0.1) is 6.54 Å². The van der Waals surface area contributed by atoms with E-state index in [9.17, 15) is 9.59 Å². The van der Waals surface area contributed by atoms with Crippen LogP contribution in [0, 0.1) is 20.8 Å². The molecule has 0 atom stereocenters. The quantitative estimate of drug-likeness (QED) is 0.752. The minimum Gasteiger partial charge on any atom is -0.343 e. The van der Waals surface area contributed by atoms with Gasteiger partial charge in [0.25, 0.3) is 0 Å². The second-order valence-electron chi connectivity index (χ2n) is 7.24. The van der Waals surface area contributed by atoms with Crippen molar-refractivity contribution in [1.29, 1.82) is 0 Å². The Balaban J connectivity index is 1.83. The summed E-state index contributed by atoms with van der Waals surface area (Å²) in [4.78, 5) is 28.1. The molecule has 3 heteroatoms. The maximum atomic E-state index is 13.1. The minimum atomic E-state index is -0.0408. The van der Waals surface area contributed by atoms with E-state index in [1.807, 2.05) is 25.3 Å². The molecule has 0 N–H and O–H groups in total. The summed E-state index contributed by atoms with van der Waals surface area (Å²) in [7, 11) is 0. The first-order valence-corrected chi connectivity index (χ1v) is 8.83. The van der Waals surface area contributed by atoms with E-state index in [1.54, 1.807) is 12.1 Å². The van der Waals surface area contributed by atoms with Crippen LogP contribution >= 0.6 is 0 Å². The Hall–Kier alpha value is -2.94. The number of Topliss-reactive ketones (excluding diaryl/α,β-unsaturated/α-hetero) is 2. The molecule has 0 spiro atoms. The molecule has 0 amide bonds. The van der Waals surface area contributed by atoms with Crippen LogP contribution in [0.4, 0.5) is 5.69 Å². The number of rotatable bonds is 1. The standard InChI is InChI=1S/C23H21NO2/c1-13-9-14(2)21(15(3)10-13)24-11-16(4)20-19(12-24)22(25)17-7-5-6-8-18(17)23(20)26/h5-11H,12H2,1-4H3. The molecule has 1 aliphatic heterocycles. The number of nitrogens with zero attached hydrogens (tertiary/aromatic N) is 1. The molecule has 2 aliphatic rings. The Morgan fingerprint density at radius 1 is 0.846 bits per heavy atom. The largest absolute Gasteiger partial charge is 0.343 e. The summed E-state index contributed by atoms with van der Waals surface area (Å²) in [6.07, 6.45) is 2.00. The molecule has 2 aromatic carbocycles. The van der Waals surface area contributed by atoms with Gasteiger partial charge in [0.15, 0.2) is 11.6 Å². The van der Waals surface area contributed by atoms with E-state index < -0.39 is 0 Å². The van der Waals surface area contributed by atoms with E-state index >= 15 is 0 Å². The highest BCUT2D eigenvalue weighted by Crippen LogP contribution is 2.37. The average molecular weight is 343 g/mol. The molecule has 0 fully saturated rings. The predicted molar refractivity (Wildman–Crippen MR) is 104 cm³/mol. The number of hydrogen-bond donors (Lipinski definition) is 0. The van der Waals surface area contributed by atoms with Crippen molar-refractivity contribution in [3.63, 3.8) is 0 Å². The van der Waals surface area contributed by atoms with Crippen LogP contribution in [0.3, 0.4) is 0 Å². The third-order valence-corrected chi connectivity index (χ3v) is 5.21. The van der Waals surface area contributed by atoms with Crippen molar-refractivity contribution in [2.45, 2.75) is 27.7 Å². The van der Waals surface area contributed by atoms with Gasteiger partial charge in [-0.2, -0.15) is 0 Å².